The number of rotatable bonds is 4. The Morgan fingerprint density at radius 2 is 1.43 bits per heavy atom. The number of nitrogens with one attached hydrogen (secondary N) is 2. The fourth-order valence-electron chi connectivity index (χ4n) is 2.59. The predicted octanol–water partition coefficient (Wildman–Crippen LogP) is 6.00. The number of carbonyl (C=O) groups excluding carboxylic acids is 2. The van der Waals surface area contributed by atoms with Crippen LogP contribution in [0.4, 0.5) is 28.9 Å². The average molecular weight is 437 g/mol. The van der Waals surface area contributed by atoms with Crippen molar-refractivity contribution in [1.82, 2.24) is 0 Å². The van der Waals surface area contributed by atoms with Gasteiger partial charge in [-0.1, -0.05) is 23.7 Å². The Hall–Kier alpha value is -3.39. The maximum atomic E-state index is 13.1. The minimum absolute atomic E-state index is 0.0256. The minimum atomic E-state index is -4.54. The zero-order valence-corrected chi connectivity index (χ0v) is 15.8. The number of anilines is 2. The first-order chi connectivity index (χ1) is 14.1. The molecule has 0 aliphatic heterocycles. The van der Waals surface area contributed by atoms with Crippen molar-refractivity contribution in [1.29, 1.82) is 0 Å². The van der Waals surface area contributed by atoms with Gasteiger partial charge in [-0.25, -0.2) is 4.39 Å². The Labute approximate surface area is 173 Å². The van der Waals surface area contributed by atoms with Crippen molar-refractivity contribution in [3.8, 4) is 0 Å². The molecule has 0 heterocycles. The van der Waals surface area contributed by atoms with Crippen molar-refractivity contribution < 1.29 is 27.2 Å². The van der Waals surface area contributed by atoms with Gasteiger partial charge in [0.05, 0.1) is 16.1 Å². The van der Waals surface area contributed by atoms with E-state index in [0.29, 0.717) is 0 Å². The molecule has 0 saturated heterocycles. The molecule has 3 aromatic rings. The predicted molar refractivity (Wildman–Crippen MR) is 105 cm³/mol. The Balaban J connectivity index is 1.75. The molecule has 9 heteroatoms. The molecule has 30 heavy (non-hydrogen) atoms. The van der Waals surface area contributed by atoms with Gasteiger partial charge in [0.15, 0.2) is 0 Å². The molecule has 3 aromatic carbocycles. The molecular formula is C21H13ClF4N2O2. The quantitative estimate of drug-likeness (QED) is 0.493. The lowest BCUT2D eigenvalue weighted by atomic mass is 10.1. The van der Waals surface area contributed by atoms with Crippen molar-refractivity contribution in [2.75, 3.05) is 10.6 Å². The Kier molecular flexibility index (Phi) is 6.07. The van der Waals surface area contributed by atoms with Gasteiger partial charge in [0.25, 0.3) is 11.8 Å². The maximum absolute atomic E-state index is 13.1. The first-order valence-electron chi connectivity index (χ1n) is 8.48. The summed E-state index contributed by atoms with van der Waals surface area (Å²) in [4.78, 5) is 24.7. The van der Waals surface area contributed by atoms with Crippen molar-refractivity contribution in [3.63, 3.8) is 0 Å². The lowest BCUT2D eigenvalue weighted by Crippen LogP contribution is -2.15. The van der Waals surface area contributed by atoms with Crippen molar-refractivity contribution in [2.45, 2.75) is 6.18 Å². The van der Waals surface area contributed by atoms with Crippen LogP contribution in [0.3, 0.4) is 0 Å². The number of alkyl halides is 3. The number of hydrogen-bond donors (Lipinski definition) is 2. The van der Waals surface area contributed by atoms with Crippen LogP contribution in [0.25, 0.3) is 0 Å². The fraction of sp³-hybridized carbons (Fsp3) is 0.0476. The molecule has 0 aliphatic rings. The molecule has 0 radical (unpaired) electrons. The van der Waals surface area contributed by atoms with Crippen molar-refractivity contribution >= 4 is 34.8 Å². The van der Waals surface area contributed by atoms with Crippen LogP contribution in [0.15, 0.2) is 66.7 Å². The second-order valence-electron chi connectivity index (χ2n) is 6.19. The largest absolute Gasteiger partial charge is 0.416 e. The van der Waals surface area contributed by atoms with E-state index in [1.54, 1.807) is 0 Å². The molecule has 0 saturated carbocycles. The number of hydrogen-bond acceptors (Lipinski definition) is 2. The highest BCUT2D eigenvalue weighted by Gasteiger charge is 2.30. The van der Waals surface area contributed by atoms with Crippen LogP contribution in [0.2, 0.25) is 5.02 Å². The molecule has 2 N–H and O–H groups in total. The molecule has 0 aliphatic carbocycles. The van der Waals surface area contributed by atoms with Gasteiger partial charge in [-0.3, -0.25) is 9.59 Å². The summed E-state index contributed by atoms with van der Waals surface area (Å²) in [5.74, 6) is -1.87. The molecule has 0 spiro atoms. The molecule has 3 rings (SSSR count). The van der Waals surface area contributed by atoms with Gasteiger partial charge < -0.3 is 10.6 Å². The molecular weight excluding hydrogens is 424 g/mol. The molecule has 0 unspecified atom stereocenters. The lowest BCUT2D eigenvalue weighted by Gasteiger charge is -2.11. The Bertz CT molecular complexity index is 1120. The van der Waals surface area contributed by atoms with Gasteiger partial charge in [-0.05, 0) is 54.6 Å². The van der Waals surface area contributed by atoms with E-state index in [2.05, 4.69) is 10.6 Å². The maximum Gasteiger partial charge on any atom is 0.416 e. The number of benzene rings is 3. The molecule has 4 nitrogen and oxygen atoms in total. The van der Waals surface area contributed by atoms with Gasteiger partial charge in [0.1, 0.15) is 5.82 Å². The normalized spacial score (nSPS) is 11.1. The summed E-state index contributed by atoms with van der Waals surface area (Å²) in [6.45, 7) is 0. The first kappa shape index (κ1) is 21.3. The van der Waals surface area contributed by atoms with Gasteiger partial charge in [0, 0.05) is 16.9 Å². The smallest absolute Gasteiger partial charge is 0.322 e. The molecule has 154 valence electrons. The van der Waals surface area contributed by atoms with Gasteiger partial charge in [0.2, 0.25) is 0 Å². The van der Waals surface area contributed by atoms with Crippen LogP contribution in [-0.2, 0) is 6.18 Å². The van der Waals surface area contributed by atoms with Gasteiger partial charge in [-0.2, -0.15) is 13.2 Å². The van der Waals surface area contributed by atoms with Crippen LogP contribution >= 0.6 is 11.6 Å². The number of amides is 2. The van der Waals surface area contributed by atoms with Crippen LogP contribution in [-0.4, -0.2) is 11.8 Å². The first-order valence-corrected chi connectivity index (χ1v) is 8.86. The highest BCUT2D eigenvalue weighted by molar-refractivity contribution is 6.34. The van der Waals surface area contributed by atoms with Gasteiger partial charge in [-0.15, -0.1) is 0 Å². The summed E-state index contributed by atoms with van der Waals surface area (Å²) in [5.41, 5.74) is -0.524. The summed E-state index contributed by atoms with van der Waals surface area (Å²) >= 11 is 5.86. The zero-order valence-electron chi connectivity index (χ0n) is 15.1. The van der Waals surface area contributed by atoms with Crippen LogP contribution in [0.1, 0.15) is 26.3 Å². The lowest BCUT2D eigenvalue weighted by molar-refractivity contribution is -0.137. The molecule has 0 atom stereocenters. The highest BCUT2D eigenvalue weighted by atomic mass is 35.5. The fourth-order valence-corrected chi connectivity index (χ4v) is 2.84. The Morgan fingerprint density at radius 3 is 2.10 bits per heavy atom. The number of halogens is 5. The number of carbonyl (C=O) groups is 2. The second kappa shape index (κ2) is 8.54. The van der Waals surface area contributed by atoms with E-state index in [4.69, 9.17) is 11.6 Å². The molecule has 0 aromatic heterocycles. The summed E-state index contributed by atoms with van der Waals surface area (Å²) in [5, 5.41) is 4.84. The standard InChI is InChI=1S/C21H13ClF4N2O2/c22-18-11-14(23)7-8-17(18)20(30)28-15-5-1-3-12(9-15)19(29)27-16-6-2-4-13(10-16)21(24,25)26/h1-11H,(H,27,29)(H,28,30). The molecule has 0 fully saturated rings. The van der Waals surface area contributed by atoms with E-state index in [1.165, 1.54) is 42.5 Å². The van der Waals surface area contributed by atoms with E-state index in [0.717, 1.165) is 24.3 Å². The van der Waals surface area contributed by atoms with E-state index < -0.39 is 29.4 Å². The third kappa shape index (κ3) is 5.15. The van der Waals surface area contributed by atoms with E-state index in [1.807, 2.05) is 0 Å². The monoisotopic (exact) mass is 436 g/mol. The van der Waals surface area contributed by atoms with Crippen LogP contribution in [0.5, 0.6) is 0 Å². The van der Waals surface area contributed by atoms with Crippen molar-refractivity contribution in [3.05, 3.63) is 94.3 Å². The average Bonchev–Trinajstić information content (AvgIpc) is 2.67. The van der Waals surface area contributed by atoms with Crippen molar-refractivity contribution in [2.24, 2.45) is 0 Å². The summed E-state index contributed by atoms with van der Waals surface area (Å²) < 4.78 is 51.6. The summed E-state index contributed by atoms with van der Waals surface area (Å²) in [6, 6.07) is 13.3. The second-order valence-corrected chi connectivity index (χ2v) is 6.60. The summed E-state index contributed by atoms with van der Waals surface area (Å²) in [6.07, 6.45) is -4.54. The third-order valence-electron chi connectivity index (χ3n) is 4.01. The third-order valence-corrected chi connectivity index (χ3v) is 4.32. The highest BCUT2D eigenvalue weighted by Crippen LogP contribution is 2.30. The van der Waals surface area contributed by atoms with E-state index in [-0.39, 0.29) is 27.5 Å². The van der Waals surface area contributed by atoms with Crippen LogP contribution in [0, 0.1) is 5.82 Å². The molecule has 0 bridgehead atoms. The zero-order chi connectivity index (χ0) is 21.9. The topological polar surface area (TPSA) is 58.2 Å². The summed E-state index contributed by atoms with van der Waals surface area (Å²) in [7, 11) is 0. The van der Waals surface area contributed by atoms with E-state index in [9.17, 15) is 27.2 Å². The van der Waals surface area contributed by atoms with E-state index >= 15 is 0 Å². The Morgan fingerprint density at radius 1 is 0.800 bits per heavy atom. The SMILES string of the molecule is O=C(Nc1cccc(C(F)(F)F)c1)c1cccc(NC(=O)c2ccc(F)cc2Cl)c1. The minimum Gasteiger partial charge on any atom is -0.322 e. The van der Waals surface area contributed by atoms with Crippen LogP contribution < -0.4 is 10.6 Å². The van der Waals surface area contributed by atoms with Gasteiger partial charge >= 0.3 is 6.18 Å². The molecule has 2 amide bonds.